The van der Waals surface area contributed by atoms with Crippen molar-refractivity contribution >= 4 is 40.7 Å². The highest BCUT2D eigenvalue weighted by Crippen LogP contribution is 2.56. The van der Waals surface area contributed by atoms with Crippen molar-refractivity contribution in [3.8, 4) is 0 Å². The number of nitrogens with zero attached hydrogens (tertiary/aromatic N) is 1. The number of imide groups is 1. The first-order valence-electron chi connectivity index (χ1n) is 10.00. The lowest BCUT2D eigenvalue weighted by atomic mass is 9.81. The Morgan fingerprint density at radius 1 is 1.03 bits per heavy atom. The minimum atomic E-state index is -0.309. The summed E-state index contributed by atoms with van der Waals surface area (Å²) in [7, 11) is 0. The summed E-state index contributed by atoms with van der Waals surface area (Å²) in [6.45, 7) is 1.84. The van der Waals surface area contributed by atoms with Crippen molar-refractivity contribution in [3.05, 3.63) is 58.6 Å². The molecule has 0 unspecified atom stereocenters. The average Bonchev–Trinajstić information content (AvgIpc) is 3.39. The lowest BCUT2D eigenvalue weighted by Gasteiger charge is -2.19. The molecule has 2 bridgehead atoms. The van der Waals surface area contributed by atoms with Gasteiger partial charge in [0.15, 0.2) is 0 Å². The van der Waals surface area contributed by atoms with Gasteiger partial charge in [-0.1, -0.05) is 23.7 Å². The highest BCUT2D eigenvalue weighted by atomic mass is 35.5. The van der Waals surface area contributed by atoms with E-state index in [1.165, 1.54) is 4.90 Å². The average molecular weight is 409 g/mol. The number of hydrogen-bond donors (Lipinski definition) is 1. The molecule has 5 nitrogen and oxygen atoms in total. The summed E-state index contributed by atoms with van der Waals surface area (Å²) in [5.41, 5.74) is 2.28. The van der Waals surface area contributed by atoms with Crippen LogP contribution in [-0.2, 0) is 9.59 Å². The van der Waals surface area contributed by atoms with Gasteiger partial charge in [0.1, 0.15) is 0 Å². The second kappa shape index (κ2) is 6.70. The molecule has 1 heterocycles. The van der Waals surface area contributed by atoms with Crippen LogP contribution >= 0.6 is 11.6 Å². The van der Waals surface area contributed by atoms with Crippen molar-refractivity contribution in [2.24, 2.45) is 23.7 Å². The summed E-state index contributed by atoms with van der Waals surface area (Å²) in [6, 6.07) is 12.0. The number of carbonyl (C=O) groups is 3. The molecule has 3 amide bonds. The Bertz CT molecular complexity index is 1020. The zero-order valence-corrected chi connectivity index (χ0v) is 16.8. The fourth-order valence-corrected chi connectivity index (χ4v) is 5.56. The van der Waals surface area contributed by atoms with E-state index in [1.54, 1.807) is 42.5 Å². The van der Waals surface area contributed by atoms with Gasteiger partial charge in [-0.2, -0.15) is 0 Å². The van der Waals surface area contributed by atoms with E-state index in [0.29, 0.717) is 33.8 Å². The molecule has 2 saturated carbocycles. The summed E-state index contributed by atoms with van der Waals surface area (Å²) in [6.07, 6.45) is 3.09. The van der Waals surface area contributed by atoms with E-state index in [2.05, 4.69) is 5.32 Å². The Hall–Kier alpha value is -2.66. The molecular formula is C23H21ClN2O3. The number of benzene rings is 2. The van der Waals surface area contributed by atoms with Gasteiger partial charge in [-0.25, -0.2) is 0 Å². The normalized spacial score (nSPS) is 27.4. The molecule has 1 N–H and O–H groups in total. The number of carbonyl (C=O) groups excluding carboxylic acids is 3. The Labute approximate surface area is 174 Å². The van der Waals surface area contributed by atoms with Crippen LogP contribution in [-0.4, -0.2) is 17.7 Å². The summed E-state index contributed by atoms with van der Waals surface area (Å²) < 4.78 is 0. The number of hydrogen-bond acceptors (Lipinski definition) is 3. The van der Waals surface area contributed by atoms with Crippen LogP contribution < -0.4 is 10.2 Å². The minimum Gasteiger partial charge on any atom is -0.322 e. The maximum atomic E-state index is 13.0. The highest BCUT2D eigenvalue weighted by Gasteiger charge is 2.61. The molecule has 0 spiro atoms. The monoisotopic (exact) mass is 408 g/mol. The predicted molar refractivity (Wildman–Crippen MR) is 111 cm³/mol. The zero-order valence-electron chi connectivity index (χ0n) is 16.0. The molecule has 2 aromatic carbocycles. The number of fused-ring (bicyclic) bond motifs is 5. The van der Waals surface area contributed by atoms with Gasteiger partial charge < -0.3 is 5.32 Å². The molecule has 0 aromatic heterocycles. The quantitative estimate of drug-likeness (QED) is 0.763. The van der Waals surface area contributed by atoms with E-state index in [4.69, 9.17) is 11.6 Å². The van der Waals surface area contributed by atoms with E-state index in [9.17, 15) is 14.4 Å². The van der Waals surface area contributed by atoms with E-state index >= 15 is 0 Å². The zero-order chi connectivity index (χ0) is 20.3. The van der Waals surface area contributed by atoms with Crippen molar-refractivity contribution in [3.63, 3.8) is 0 Å². The third-order valence-electron chi connectivity index (χ3n) is 6.81. The summed E-state index contributed by atoms with van der Waals surface area (Å²) in [5, 5.41) is 3.43. The number of anilines is 2. The fraction of sp³-hybridized carbons (Fsp3) is 0.348. The first-order valence-corrected chi connectivity index (χ1v) is 10.4. The molecule has 0 radical (unpaired) electrons. The second-order valence-corrected chi connectivity index (χ2v) is 8.72. The largest absolute Gasteiger partial charge is 0.322 e. The molecule has 1 aliphatic heterocycles. The molecule has 5 rings (SSSR count). The van der Waals surface area contributed by atoms with E-state index in [-0.39, 0.29) is 29.6 Å². The number of rotatable bonds is 3. The van der Waals surface area contributed by atoms with Crippen LogP contribution in [0.25, 0.3) is 0 Å². The molecular weight excluding hydrogens is 388 g/mol. The van der Waals surface area contributed by atoms with Crippen LogP contribution in [0, 0.1) is 30.6 Å². The van der Waals surface area contributed by atoms with Gasteiger partial charge >= 0.3 is 0 Å². The number of amides is 3. The van der Waals surface area contributed by atoms with Crippen LogP contribution in [0.2, 0.25) is 5.02 Å². The molecule has 148 valence electrons. The lowest BCUT2D eigenvalue weighted by molar-refractivity contribution is -0.123. The van der Waals surface area contributed by atoms with Gasteiger partial charge in [-0.3, -0.25) is 19.3 Å². The molecule has 2 aliphatic carbocycles. The lowest BCUT2D eigenvalue weighted by Crippen LogP contribution is -2.33. The Balaban J connectivity index is 1.42. The van der Waals surface area contributed by atoms with Crippen LogP contribution in [0.3, 0.4) is 0 Å². The highest BCUT2D eigenvalue weighted by molar-refractivity contribution is 6.31. The van der Waals surface area contributed by atoms with Crippen molar-refractivity contribution < 1.29 is 14.4 Å². The minimum absolute atomic E-state index is 0.101. The van der Waals surface area contributed by atoms with Gasteiger partial charge in [0, 0.05) is 16.3 Å². The van der Waals surface area contributed by atoms with Gasteiger partial charge in [0.05, 0.1) is 17.5 Å². The molecule has 6 heteroatoms. The number of nitrogens with one attached hydrogen (secondary N) is 1. The van der Waals surface area contributed by atoms with Gasteiger partial charge in [0.2, 0.25) is 11.8 Å². The van der Waals surface area contributed by atoms with Crippen molar-refractivity contribution in [2.75, 3.05) is 10.2 Å². The van der Waals surface area contributed by atoms with Crippen LogP contribution in [0.15, 0.2) is 42.5 Å². The summed E-state index contributed by atoms with van der Waals surface area (Å²) in [5.74, 6) is -0.185. The van der Waals surface area contributed by atoms with Gasteiger partial charge in [-0.15, -0.1) is 0 Å². The van der Waals surface area contributed by atoms with Crippen LogP contribution in [0.5, 0.6) is 0 Å². The smallest absolute Gasteiger partial charge is 0.255 e. The summed E-state index contributed by atoms with van der Waals surface area (Å²) in [4.78, 5) is 40.1. The van der Waals surface area contributed by atoms with E-state index in [1.807, 2.05) is 6.92 Å². The standard InChI is InChI=1S/C23H21ClN2O3/c1-12-17(24)6-3-7-18(12)25-21(27)15-4-2-5-16(11-15)26-22(28)19-13-8-9-14(10-13)20(19)23(26)29/h2-7,11,13-14,19-20H,8-10H2,1H3,(H,25,27)/t13-,14-,19+,20+/m0/s1. The Morgan fingerprint density at radius 3 is 2.38 bits per heavy atom. The first-order chi connectivity index (χ1) is 14.0. The molecule has 1 saturated heterocycles. The SMILES string of the molecule is Cc1c(Cl)cccc1NC(=O)c1cccc(N2C(=O)[C@@H]3[C@H]4CC[C@@H](C4)[C@H]3C2=O)c1. The molecule has 3 fully saturated rings. The predicted octanol–water partition coefficient (Wildman–Crippen LogP) is 4.44. The Kier molecular flexibility index (Phi) is 4.24. The molecule has 2 aromatic rings. The van der Waals surface area contributed by atoms with Crippen LogP contribution in [0.4, 0.5) is 11.4 Å². The van der Waals surface area contributed by atoms with Crippen LogP contribution in [0.1, 0.15) is 35.2 Å². The van der Waals surface area contributed by atoms with Crippen molar-refractivity contribution in [1.82, 2.24) is 0 Å². The van der Waals surface area contributed by atoms with Crippen molar-refractivity contribution in [1.29, 1.82) is 0 Å². The topological polar surface area (TPSA) is 66.5 Å². The summed E-state index contributed by atoms with van der Waals surface area (Å²) >= 11 is 6.13. The molecule has 4 atom stereocenters. The van der Waals surface area contributed by atoms with E-state index < -0.39 is 0 Å². The first kappa shape index (κ1) is 18.4. The Morgan fingerprint density at radius 2 is 1.69 bits per heavy atom. The second-order valence-electron chi connectivity index (χ2n) is 8.31. The fourth-order valence-electron chi connectivity index (χ4n) is 5.39. The van der Waals surface area contributed by atoms with Crippen molar-refractivity contribution in [2.45, 2.75) is 26.2 Å². The maximum absolute atomic E-state index is 13.0. The third kappa shape index (κ3) is 2.79. The third-order valence-corrected chi connectivity index (χ3v) is 7.22. The maximum Gasteiger partial charge on any atom is 0.255 e. The molecule has 29 heavy (non-hydrogen) atoms. The number of halogens is 1. The van der Waals surface area contributed by atoms with E-state index in [0.717, 1.165) is 24.8 Å². The van der Waals surface area contributed by atoms with Gasteiger partial charge in [0.25, 0.3) is 5.91 Å². The van der Waals surface area contributed by atoms with Gasteiger partial charge in [-0.05, 0) is 73.9 Å². The molecule has 3 aliphatic rings.